The molecule has 0 spiro atoms. The van der Waals surface area contributed by atoms with Gasteiger partial charge in [-0.15, -0.1) is 0 Å². The Morgan fingerprint density at radius 1 is 1.21 bits per heavy atom. The molecule has 1 N–H and O–H groups in total. The van der Waals surface area contributed by atoms with E-state index in [-0.39, 0.29) is 18.1 Å². The molecule has 2 aromatic carbocycles. The van der Waals surface area contributed by atoms with Gasteiger partial charge >= 0.3 is 6.61 Å². The first-order valence-electron chi connectivity index (χ1n) is 7.99. The van der Waals surface area contributed by atoms with Crippen LogP contribution < -0.4 is 14.8 Å². The molecule has 0 radical (unpaired) electrons. The quantitative estimate of drug-likeness (QED) is 0.486. The summed E-state index contributed by atoms with van der Waals surface area (Å²) >= 11 is 9.35. The summed E-state index contributed by atoms with van der Waals surface area (Å²) in [6, 6.07) is 9.35. The number of benzene rings is 2. The minimum absolute atomic E-state index is 0.0113. The summed E-state index contributed by atoms with van der Waals surface area (Å²) in [6.07, 6.45) is 1.49. The van der Waals surface area contributed by atoms with Gasteiger partial charge in [0.1, 0.15) is 11.6 Å². The van der Waals surface area contributed by atoms with Gasteiger partial charge in [0, 0.05) is 16.7 Å². The van der Waals surface area contributed by atoms with Crippen molar-refractivity contribution in [2.75, 3.05) is 5.32 Å². The van der Waals surface area contributed by atoms with Crippen LogP contribution in [0.1, 0.15) is 10.5 Å². The number of alkyl halides is 2. The number of hydrogen-bond acceptors (Lipinski definition) is 4. The Hall–Kier alpha value is -2.72. The van der Waals surface area contributed by atoms with E-state index in [1.807, 2.05) is 0 Å². The van der Waals surface area contributed by atoms with Crippen LogP contribution in [0, 0.1) is 5.82 Å². The molecule has 0 aliphatic carbocycles. The van der Waals surface area contributed by atoms with Crippen LogP contribution in [-0.4, -0.2) is 22.3 Å². The van der Waals surface area contributed by atoms with Gasteiger partial charge in [0.25, 0.3) is 5.91 Å². The normalized spacial score (nSPS) is 10.8. The largest absolute Gasteiger partial charge is 0.470 e. The highest BCUT2D eigenvalue weighted by Crippen LogP contribution is 2.28. The van der Waals surface area contributed by atoms with Crippen molar-refractivity contribution in [1.82, 2.24) is 9.78 Å². The number of aromatic nitrogens is 2. The number of hydrogen-bond donors (Lipinski definition) is 1. The minimum atomic E-state index is -3.17. The summed E-state index contributed by atoms with van der Waals surface area (Å²) < 4.78 is 50.1. The molecule has 6 nitrogen and oxygen atoms in total. The average molecular weight is 491 g/mol. The number of ether oxygens (including phenoxy) is 2. The highest BCUT2D eigenvalue weighted by atomic mass is 79.9. The lowest BCUT2D eigenvalue weighted by Crippen LogP contribution is -2.15. The summed E-state index contributed by atoms with van der Waals surface area (Å²) in [5, 5.41) is 6.79. The molecular weight excluding hydrogens is 479 g/mol. The fourth-order valence-electron chi connectivity index (χ4n) is 2.26. The van der Waals surface area contributed by atoms with Crippen LogP contribution in [-0.2, 0) is 6.73 Å². The molecule has 0 bridgehead atoms. The van der Waals surface area contributed by atoms with E-state index in [1.165, 1.54) is 16.9 Å². The molecule has 152 valence electrons. The van der Waals surface area contributed by atoms with E-state index in [9.17, 15) is 18.0 Å². The van der Waals surface area contributed by atoms with Gasteiger partial charge in [-0.1, -0.05) is 27.5 Å². The number of rotatable bonds is 7. The van der Waals surface area contributed by atoms with Gasteiger partial charge in [-0.25, -0.2) is 9.07 Å². The predicted octanol–water partition coefficient (Wildman–Crippen LogP) is 5.33. The van der Waals surface area contributed by atoms with Gasteiger partial charge in [-0.3, -0.25) is 4.79 Å². The van der Waals surface area contributed by atoms with Gasteiger partial charge in [-0.2, -0.15) is 13.9 Å². The van der Waals surface area contributed by atoms with Crippen molar-refractivity contribution in [3.8, 4) is 11.5 Å². The van der Waals surface area contributed by atoms with Gasteiger partial charge in [0.2, 0.25) is 0 Å². The van der Waals surface area contributed by atoms with Crippen molar-refractivity contribution >= 4 is 39.1 Å². The van der Waals surface area contributed by atoms with Crippen molar-refractivity contribution in [3.05, 3.63) is 69.7 Å². The Bertz CT molecular complexity index is 1030. The van der Waals surface area contributed by atoms with E-state index in [1.54, 1.807) is 18.2 Å². The molecule has 0 atom stereocenters. The number of amides is 1. The molecule has 0 saturated heterocycles. The number of anilines is 1. The molecule has 3 aromatic rings. The molecule has 11 heteroatoms. The zero-order valence-corrected chi connectivity index (χ0v) is 16.8. The molecule has 0 unspecified atom stereocenters. The van der Waals surface area contributed by atoms with Crippen molar-refractivity contribution in [3.63, 3.8) is 0 Å². The standard InChI is InChI=1S/C18H12BrClF3N3O3/c19-10-1-4-15(12(20)7-10)28-9-26-6-5-14(25-26)17(27)24-13-3-2-11(21)8-16(13)29-18(22)23/h1-8,18H,9H2,(H,24,27). The van der Waals surface area contributed by atoms with Crippen molar-refractivity contribution in [1.29, 1.82) is 0 Å². The molecular formula is C18H12BrClF3N3O3. The van der Waals surface area contributed by atoms with Crippen LogP contribution in [0.25, 0.3) is 0 Å². The van der Waals surface area contributed by atoms with Crippen LogP contribution in [0.5, 0.6) is 11.5 Å². The average Bonchev–Trinajstić information content (AvgIpc) is 3.12. The van der Waals surface area contributed by atoms with Crippen LogP contribution in [0.4, 0.5) is 18.9 Å². The lowest BCUT2D eigenvalue weighted by molar-refractivity contribution is -0.0495. The summed E-state index contributed by atoms with van der Waals surface area (Å²) in [6.45, 7) is -3.19. The number of carbonyl (C=O) groups excluding carboxylic acids is 1. The van der Waals surface area contributed by atoms with Crippen molar-refractivity contribution < 1.29 is 27.4 Å². The van der Waals surface area contributed by atoms with Crippen LogP contribution >= 0.6 is 27.5 Å². The Balaban J connectivity index is 1.66. The first-order valence-corrected chi connectivity index (χ1v) is 9.16. The third-order valence-electron chi connectivity index (χ3n) is 3.53. The highest BCUT2D eigenvalue weighted by Gasteiger charge is 2.16. The molecule has 0 fully saturated rings. The molecule has 0 aliphatic heterocycles. The van der Waals surface area contributed by atoms with E-state index < -0.39 is 24.1 Å². The number of carbonyl (C=O) groups is 1. The van der Waals surface area contributed by atoms with Gasteiger partial charge < -0.3 is 14.8 Å². The van der Waals surface area contributed by atoms with Crippen LogP contribution in [0.2, 0.25) is 5.02 Å². The molecule has 3 rings (SSSR count). The third-order valence-corrected chi connectivity index (χ3v) is 4.32. The molecule has 1 heterocycles. The molecule has 29 heavy (non-hydrogen) atoms. The Morgan fingerprint density at radius 3 is 2.72 bits per heavy atom. The van der Waals surface area contributed by atoms with E-state index in [2.05, 4.69) is 31.1 Å². The fraction of sp³-hybridized carbons (Fsp3) is 0.111. The van der Waals surface area contributed by atoms with E-state index >= 15 is 0 Å². The fourth-order valence-corrected chi connectivity index (χ4v) is 2.99. The lowest BCUT2D eigenvalue weighted by Gasteiger charge is -2.11. The lowest BCUT2D eigenvalue weighted by atomic mass is 10.2. The summed E-state index contributed by atoms with van der Waals surface area (Å²) in [5.74, 6) is -1.56. The second-order valence-corrected chi connectivity index (χ2v) is 6.88. The van der Waals surface area contributed by atoms with E-state index in [0.29, 0.717) is 10.8 Å². The maximum absolute atomic E-state index is 13.3. The van der Waals surface area contributed by atoms with E-state index in [0.717, 1.165) is 22.7 Å². The molecule has 1 aromatic heterocycles. The summed E-state index contributed by atoms with van der Waals surface area (Å²) in [4.78, 5) is 12.3. The minimum Gasteiger partial charge on any atom is -0.470 e. The van der Waals surface area contributed by atoms with Gasteiger partial charge in [0.15, 0.2) is 18.2 Å². The van der Waals surface area contributed by atoms with Crippen molar-refractivity contribution in [2.45, 2.75) is 13.3 Å². The Morgan fingerprint density at radius 2 is 2.00 bits per heavy atom. The third kappa shape index (κ3) is 5.64. The zero-order valence-electron chi connectivity index (χ0n) is 14.4. The SMILES string of the molecule is O=C(Nc1ccc(F)cc1OC(F)F)c1ccn(COc2ccc(Br)cc2Cl)n1. The zero-order chi connectivity index (χ0) is 21.0. The maximum Gasteiger partial charge on any atom is 0.387 e. The summed E-state index contributed by atoms with van der Waals surface area (Å²) in [7, 11) is 0. The smallest absolute Gasteiger partial charge is 0.387 e. The number of nitrogens with zero attached hydrogens (tertiary/aromatic N) is 2. The van der Waals surface area contributed by atoms with Crippen LogP contribution in [0.3, 0.4) is 0 Å². The van der Waals surface area contributed by atoms with Gasteiger partial charge in [0.05, 0.1) is 10.7 Å². The second-order valence-electron chi connectivity index (χ2n) is 5.56. The molecule has 0 aliphatic rings. The monoisotopic (exact) mass is 489 g/mol. The first-order chi connectivity index (χ1) is 13.8. The topological polar surface area (TPSA) is 65.4 Å². The molecule has 1 amide bonds. The molecule has 0 saturated carbocycles. The Labute approximate surface area is 176 Å². The summed E-state index contributed by atoms with van der Waals surface area (Å²) in [5.41, 5.74) is -0.132. The second kappa shape index (κ2) is 9.19. The highest BCUT2D eigenvalue weighted by molar-refractivity contribution is 9.10. The predicted molar refractivity (Wildman–Crippen MR) is 103 cm³/mol. The number of halogens is 5. The van der Waals surface area contributed by atoms with Crippen LogP contribution in [0.15, 0.2) is 53.1 Å². The maximum atomic E-state index is 13.3. The van der Waals surface area contributed by atoms with E-state index in [4.69, 9.17) is 16.3 Å². The number of nitrogens with one attached hydrogen (secondary N) is 1. The Kier molecular flexibility index (Phi) is 6.65. The first kappa shape index (κ1) is 21.0. The van der Waals surface area contributed by atoms with Gasteiger partial charge in [-0.05, 0) is 36.4 Å². The van der Waals surface area contributed by atoms with Crippen molar-refractivity contribution in [2.24, 2.45) is 0 Å².